The lowest BCUT2D eigenvalue weighted by molar-refractivity contribution is 0.0681. The van der Waals surface area contributed by atoms with E-state index in [1.165, 1.54) is 17.0 Å². The van der Waals surface area contributed by atoms with Crippen LogP contribution in [0.15, 0.2) is 36.4 Å². The zero-order valence-electron chi connectivity index (χ0n) is 14.0. The number of carbonyl (C=O) groups is 1. The first-order chi connectivity index (χ1) is 12.7. The molecule has 3 rings (SSSR count). The van der Waals surface area contributed by atoms with Crippen LogP contribution >= 0.6 is 46.4 Å². The van der Waals surface area contributed by atoms with Gasteiger partial charge in [0.25, 0.3) is 5.91 Å². The summed E-state index contributed by atoms with van der Waals surface area (Å²) in [6.45, 7) is 0.147. The molecule has 0 bridgehead atoms. The van der Waals surface area contributed by atoms with Gasteiger partial charge in [-0.25, -0.2) is 8.42 Å². The molecule has 0 aromatic heterocycles. The Bertz CT molecular complexity index is 994. The van der Waals surface area contributed by atoms with Gasteiger partial charge in [0.1, 0.15) is 0 Å². The van der Waals surface area contributed by atoms with Crippen LogP contribution in [-0.4, -0.2) is 36.8 Å². The second-order valence-corrected chi connectivity index (χ2v) is 10.3. The Labute approximate surface area is 177 Å². The molecule has 1 saturated heterocycles. The predicted molar refractivity (Wildman–Crippen MR) is 110 cm³/mol. The second-order valence-electron chi connectivity index (χ2n) is 6.35. The van der Waals surface area contributed by atoms with Crippen molar-refractivity contribution < 1.29 is 13.2 Å². The van der Waals surface area contributed by atoms with Gasteiger partial charge in [-0.05, 0) is 42.3 Å². The lowest BCUT2D eigenvalue weighted by Gasteiger charge is -2.29. The van der Waals surface area contributed by atoms with Crippen LogP contribution < -0.4 is 0 Å². The molecular formula is C18H15Cl4NO3S. The summed E-state index contributed by atoms with van der Waals surface area (Å²) < 4.78 is 23.9. The molecule has 1 amide bonds. The first-order valence-corrected chi connectivity index (χ1v) is 11.4. The van der Waals surface area contributed by atoms with Crippen molar-refractivity contribution in [2.75, 3.05) is 11.5 Å². The minimum Gasteiger partial charge on any atom is -0.330 e. The van der Waals surface area contributed by atoms with Crippen LogP contribution in [0.25, 0.3) is 0 Å². The predicted octanol–water partition coefficient (Wildman–Crippen LogP) is 5.13. The van der Waals surface area contributed by atoms with Crippen LogP contribution in [0.5, 0.6) is 0 Å². The molecular weight excluding hydrogens is 452 g/mol. The quantitative estimate of drug-likeness (QED) is 0.627. The molecule has 144 valence electrons. The fraction of sp³-hybridized carbons (Fsp3) is 0.278. The highest BCUT2D eigenvalue weighted by atomic mass is 35.5. The number of hydrogen-bond donors (Lipinski definition) is 0. The van der Waals surface area contributed by atoms with Gasteiger partial charge in [-0.15, -0.1) is 0 Å². The van der Waals surface area contributed by atoms with Gasteiger partial charge in [0.15, 0.2) is 9.84 Å². The van der Waals surface area contributed by atoms with Crippen molar-refractivity contribution in [1.82, 2.24) is 4.90 Å². The van der Waals surface area contributed by atoms with Gasteiger partial charge in [0.05, 0.1) is 22.1 Å². The van der Waals surface area contributed by atoms with E-state index in [1.54, 1.807) is 24.3 Å². The Morgan fingerprint density at radius 2 is 1.63 bits per heavy atom. The van der Waals surface area contributed by atoms with E-state index >= 15 is 0 Å². The molecule has 1 aliphatic heterocycles. The van der Waals surface area contributed by atoms with Crippen molar-refractivity contribution in [3.05, 3.63) is 67.6 Å². The summed E-state index contributed by atoms with van der Waals surface area (Å²) in [4.78, 5) is 14.7. The fourth-order valence-electron chi connectivity index (χ4n) is 3.04. The van der Waals surface area contributed by atoms with Gasteiger partial charge in [0, 0.05) is 27.7 Å². The molecule has 2 aromatic carbocycles. The van der Waals surface area contributed by atoms with E-state index in [0.29, 0.717) is 27.1 Å². The van der Waals surface area contributed by atoms with E-state index in [0.717, 1.165) is 0 Å². The molecule has 0 spiro atoms. The number of amides is 1. The topological polar surface area (TPSA) is 54.5 Å². The van der Waals surface area contributed by atoms with Crippen molar-refractivity contribution in [3.63, 3.8) is 0 Å². The zero-order valence-corrected chi connectivity index (χ0v) is 17.8. The van der Waals surface area contributed by atoms with E-state index in [1.807, 2.05) is 0 Å². The van der Waals surface area contributed by atoms with E-state index in [-0.39, 0.29) is 34.5 Å². The summed E-state index contributed by atoms with van der Waals surface area (Å²) in [5, 5.41) is 1.50. The third-order valence-electron chi connectivity index (χ3n) is 4.43. The molecule has 2 aromatic rings. The smallest absolute Gasteiger partial charge is 0.255 e. The summed E-state index contributed by atoms with van der Waals surface area (Å²) in [7, 11) is -3.18. The molecule has 1 heterocycles. The van der Waals surface area contributed by atoms with Crippen molar-refractivity contribution in [2.24, 2.45) is 0 Å². The highest BCUT2D eigenvalue weighted by molar-refractivity contribution is 7.91. The van der Waals surface area contributed by atoms with Crippen LogP contribution in [0.2, 0.25) is 20.1 Å². The van der Waals surface area contributed by atoms with Crippen LogP contribution in [0, 0.1) is 0 Å². The number of nitrogens with zero attached hydrogens (tertiary/aromatic N) is 1. The SMILES string of the molecule is O=C(c1ccc(Cl)cc1Cl)N(Cc1ccc(Cl)cc1Cl)[C@@H]1CCS(=O)(=O)C1. The lowest BCUT2D eigenvalue weighted by Crippen LogP contribution is -2.40. The minimum atomic E-state index is -3.18. The maximum Gasteiger partial charge on any atom is 0.255 e. The van der Waals surface area contributed by atoms with Crippen LogP contribution in [0.3, 0.4) is 0 Å². The maximum absolute atomic E-state index is 13.2. The molecule has 1 atom stereocenters. The third kappa shape index (κ3) is 4.90. The molecule has 0 radical (unpaired) electrons. The maximum atomic E-state index is 13.2. The lowest BCUT2D eigenvalue weighted by atomic mass is 10.1. The Kier molecular flexibility index (Phi) is 6.28. The number of halogens is 4. The van der Waals surface area contributed by atoms with E-state index in [2.05, 4.69) is 0 Å². The Hall–Kier alpha value is -0.980. The Morgan fingerprint density at radius 1 is 1.00 bits per heavy atom. The minimum absolute atomic E-state index is 0.0458. The Morgan fingerprint density at radius 3 is 2.19 bits per heavy atom. The normalized spacial score (nSPS) is 18.4. The summed E-state index contributed by atoms with van der Waals surface area (Å²) in [5.74, 6) is -0.413. The molecule has 27 heavy (non-hydrogen) atoms. The molecule has 1 fully saturated rings. The van der Waals surface area contributed by atoms with Gasteiger partial charge < -0.3 is 4.90 Å². The van der Waals surface area contributed by atoms with Gasteiger partial charge in [0.2, 0.25) is 0 Å². The van der Waals surface area contributed by atoms with Gasteiger partial charge in [-0.3, -0.25) is 4.79 Å². The second kappa shape index (κ2) is 8.18. The average molecular weight is 467 g/mol. The third-order valence-corrected chi connectivity index (χ3v) is 7.31. The molecule has 0 unspecified atom stereocenters. The van der Waals surface area contributed by atoms with Crippen molar-refractivity contribution in [2.45, 2.75) is 19.0 Å². The first kappa shape index (κ1) is 20.7. The van der Waals surface area contributed by atoms with Crippen molar-refractivity contribution in [1.29, 1.82) is 0 Å². The highest BCUT2D eigenvalue weighted by Gasteiger charge is 2.35. The van der Waals surface area contributed by atoms with E-state index < -0.39 is 15.9 Å². The van der Waals surface area contributed by atoms with Gasteiger partial charge in [-0.2, -0.15) is 0 Å². The van der Waals surface area contributed by atoms with Crippen LogP contribution in [-0.2, 0) is 16.4 Å². The standard InChI is InChI=1S/C18H15Cl4NO3S/c19-12-2-1-11(16(21)7-12)9-23(14-5-6-27(25,26)10-14)18(24)15-4-3-13(20)8-17(15)22/h1-4,7-8,14H,5-6,9-10H2/t14-/m1/s1. The monoisotopic (exact) mass is 465 g/mol. The van der Waals surface area contributed by atoms with Crippen LogP contribution in [0.1, 0.15) is 22.3 Å². The van der Waals surface area contributed by atoms with Gasteiger partial charge in [-0.1, -0.05) is 52.5 Å². The summed E-state index contributed by atoms with van der Waals surface area (Å²) >= 11 is 24.3. The Balaban J connectivity index is 1.97. The molecule has 0 N–H and O–H groups in total. The van der Waals surface area contributed by atoms with Crippen molar-refractivity contribution in [3.8, 4) is 0 Å². The summed E-state index contributed by atoms with van der Waals surface area (Å²) in [6, 6.07) is 9.11. The van der Waals surface area contributed by atoms with E-state index in [9.17, 15) is 13.2 Å². The molecule has 0 saturated carbocycles. The summed E-state index contributed by atoms with van der Waals surface area (Å²) in [6.07, 6.45) is 0.366. The highest BCUT2D eigenvalue weighted by Crippen LogP contribution is 2.29. The summed E-state index contributed by atoms with van der Waals surface area (Å²) in [5.41, 5.74) is 0.930. The molecule has 9 heteroatoms. The average Bonchev–Trinajstić information content (AvgIpc) is 2.93. The number of benzene rings is 2. The van der Waals surface area contributed by atoms with Gasteiger partial charge >= 0.3 is 0 Å². The largest absolute Gasteiger partial charge is 0.330 e. The number of carbonyl (C=O) groups excluding carboxylic acids is 1. The molecule has 4 nitrogen and oxygen atoms in total. The van der Waals surface area contributed by atoms with Crippen LogP contribution in [0.4, 0.5) is 0 Å². The first-order valence-electron chi connectivity index (χ1n) is 8.06. The van der Waals surface area contributed by atoms with Crippen molar-refractivity contribution >= 4 is 62.1 Å². The fourth-order valence-corrected chi connectivity index (χ4v) is 5.73. The number of hydrogen-bond acceptors (Lipinski definition) is 3. The molecule has 1 aliphatic rings. The number of sulfone groups is 1. The number of rotatable bonds is 4. The van der Waals surface area contributed by atoms with E-state index in [4.69, 9.17) is 46.4 Å². The zero-order chi connectivity index (χ0) is 19.8. The molecule has 0 aliphatic carbocycles.